The Kier molecular flexibility index (Phi) is 5.89. The van der Waals surface area contributed by atoms with Crippen LogP contribution in [0.4, 0.5) is 5.69 Å². The molecule has 2 aliphatic heterocycles. The maximum absolute atomic E-state index is 11.4. The van der Waals surface area contributed by atoms with E-state index in [1.54, 1.807) is 0 Å². The number of oxime groups is 1. The zero-order valence-electron chi connectivity index (χ0n) is 15.2. The van der Waals surface area contributed by atoms with E-state index in [9.17, 15) is 4.79 Å². The van der Waals surface area contributed by atoms with Crippen LogP contribution in [0.1, 0.15) is 44.6 Å². The Balaban J connectivity index is 1.45. The normalized spacial score (nSPS) is 18.8. The number of carbonyl (C=O) groups excluding carboxylic acids is 1. The van der Waals surface area contributed by atoms with E-state index in [0.717, 1.165) is 56.6 Å². The monoisotopic (exact) mass is 355 g/mol. The quantitative estimate of drug-likeness (QED) is 0.578. The summed E-state index contributed by atoms with van der Waals surface area (Å²) in [5, 5.41) is 4.33. The Morgan fingerprint density at radius 3 is 2.73 bits per heavy atom. The molecule has 6 nitrogen and oxygen atoms in total. The van der Waals surface area contributed by atoms with Gasteiger partial charge in [0, 0.05) is 38.8 Å². The zero-order chi connectivity index (χ0) is 18.4. The van der Waals surface area contributed by atoms with Gasteiger partial charge in [-0.3, -0.25) is 4.79 Å². The molecule has 1 aromatic rings. The number of piperidine rings is 1. The van der Waals surface area contributed by atoms with E-state index in [1.807, 2.05) is 31.2 Å². The molecule has 26 heavy (non-hydrogen) atoms. The second kappa shape index (κ2) is 8.33. The Morgan fingerprint density at radius 2 is 2.08 bits per heavy atom. The lowest BCUT2D eigenvalue weighted by atomic mass is 9.85. The molecule has 0 amide bonds. The summed E-state index contributed by atoms with van der Waals surface area (Å²) in [5.74, 6) is -0.109. The maximum atomic E-state index is 11.4. The predicted octanol–water partition coefficient (Wildman–Crippen LogP) is 3.54. The number of ether oxygens (including phenoxy) is 1. The summed E-state index contributed by atoms with van der Waals surface area (Å²) in [4.78, 5) is 23.1. The van der Waals surface area contributed by atoms with Gasteiger partial charge in [0.25, 0.3) is 0 Å². The minimum atomic E-state index is -0.189. The number of benzene rings is 1. The van der Waals surface area contributed by atoms with Crippen LogP contribution in [-0.2, 0) is 14.4 Å². The minimum Gasteiger partial charge on any atom is -0.466 e. The molecule has 0 unspecified atom stereocenters. The summed E-state index contributed by atoms with van der Waals surface area (Å²) in [5.41, 5.74) is 2.45. The van der Waals surface area contributed by atoms with Crippen LogP contribution < -0.4 is 0 Å². The van der Waals surface area contributed by atoms with E-state index in [-0.39, 0.29) is 11.6 Å². The van der Waals surface area contributed by atoms with Gasteiger partial charge in [-0.25, -0.2) is 4.85 Å². The molecule has 138 valence electrons. The van der Waals surface area contributed by atoms with Crippen molar-refractivity contribution in [1.82, 2.24) is 4.90 Å². The van der Waals surface area contributed by atoms with Crippen LogP contribution in [0.15, 0.2) is 29.4 Å². The van der Waals surface area contributed by atoms with Crippen LogP contribution in [0.25, 0.3) is 4.85 Å². The van der Waals surface area contributed by atoms with E-state index in [1.165, 1.54) is 0 Å². The summed E-state index contributed by atoms with van der Waals surface area (Å²) in [7, 11) is 0. The summed E-state index contributed by atoms with van der Waals surface area (Å²) in [6.45, 7) is 12.2. The van der Waals surface area contributed by atoms with Crippen molar-refractivity contribution in [3.63, 3.8) is 0 Å². The molecule has 1 aromatic carbocycles. The number of carbonyl (C=O) groups is 1. The number of likely N-dealkylation sites (tertiary alicyclic amines) is 1. The molecule has 2 aliphatic rings. The van der Waals surface area contributed by atoms with E-state index < -0.39 is 0 Å². The van der Waals surface area contributed by atoms with Gasteiger partial charge in [0.15, 0.2) is 5.69 Å². The molecule has 0 atom stereocenters. The molecular weight excluding hydrogens is 330 g/mol. The van der Waals surface area contributed by atoms with Crippen molar-refractivity contribution in [3.8, 4) is 0 Å². The molecule has 0 saturated carbocycles. The van der Waals surface area contributed by atoms with Crippen molar-refractivity contribution < 1.29 is 14.4 Å². The van der Waals surface area contributed by atoms with Gasteiger partial charge in [-0.1, -0.05) is 29.4 Å². The van der Waals surface area contributed by atoms with E-state index in [2.05, 4.69) is 14.9 Å². The van der Waals surface area contributed by atoms with E-state index >= 15 is 0 Å². The molecule has 3 rings (SSSR count). The predicted molar refractivity (Wildman–Crippen MR) is 99.2 cm³/mol. The van der Waals surface area contributed by atoms with Crippen LogP contribution in [0, 0.1) is 6.57 Å². The fourth-order valence-electron chi connectivity index (χ4n) is 3.54. The number of nitrogens with zero attached hydrogens (tertiary/aromatic N) is 3. The van der Waals surface area contributed by atoms with Crippen molar-refractivity contribution in [1.29, 1.82) is 0 Å². The van der Waals surface area contributed by atoms with Crippen molar-refractivity contribution >= 4 is 17.4 Å². The van der Waals surface area contributed by atoms with Crippen LogP contribution >= 0.6 is 0 Å². The van der Waals surface area contributed by atoms with Crippen LogP contribution in [0.5, 0.6) is 0 Å². The Morgan fingerprint density at radius 1 is 1.35 bits per heavy atom. The standard InChI is InChI=1S/C20H25N3O3/c1-3-25-19(24)5-4-12-23-13-10-20(11-14-23)15-18(22-26-20)16-6-8-17(21-2)9-7-16/h6-9H,3-5,10-15H2,1H3. The molecule has 0 bridgehead atoms. The molecule has 6 heteroatoms. The number of rotatable bonds is 6. The van der Waals surface area contributed by atoms with Gasteiger partial charge < -0.3 is 14.5 Å². The largest absolute Gasteiger partial charge is 0.466 e. The second-order valence-corrected chi connectivity index (χ2v) is 6.90. The zero-order valence-corrected chi connectivity index (χ0v) is 15.2. The molecule has 1 spiro atoms. The number of hydrogen-bond donors (Lipinski definition) is 0. The summed E-state index contributed by atoms with van der Waals surface area (Å²) < 4.78 is 4.97. The minimum absolute atomic E-state index is 0.109. The highest BCUT2D eigenvalue weighted by Crippen LogP contribution is 2.36. The first-order valence-electron chi connectivity index (χ1n) is 9.25. The first-order valence-corrected chi connectivity index (χ1v) is 9.25. The SMILES string of the molecule is [C-]#[N+]c1ccc(C2=NOC3(CCN(CCCC(=O)OCC)CC3)C2)cc1. The van der Waals surface area contributed by atoms with Crippen LogP contribution in [-0.4, -0.2) is 48.4 Å². The molecule has 2 heterocycles. The second-order valence-electron chi connectivity index (χ2n) is 6.90. The maximum Gasteiger partial charge on any atom is 0.305 e. The number of hydrogen-bond acceptors (Lipinski definition) is 5. The van der Waals surface area contributed by atoms with Crippen molar-refractivity contribution in [3.05, 3.63) is 41.2 Å². The van der Waals surface area contributed by atoms with Gasteiger partial charge >= 0.3 is 5.97 Å². The third-order valence-corrected chi connectivity index (χ3v) is 5.10. The van der Waals surface area contributed by atoms with Gasteiger partial charge in [0.05, 0.1) is 18.9 Å². The third-order valence-electron chi connectivity index (χ3n) is 5.10. The summed E-state index contributed by atoms with van der Waals surface area (Å²) in [6.07, 6.45) is 4.03. The van der Waals surface area contributed by atoms with E-state index in [4.69, 9.17) is 16.1 Å². The fourth-order valence-corrected chi connectivity index (χ4v) is 3.54. The number of esters is 1. The van der Waals surface area contributed by atoms with Crippen molar-refractivity contribution in [2.75, 3.05) is 26.2 Å². The first-order chi connectivity index (χ1) is 12.6. The van der Waals surface area contributed by atoms with Gasteiger partial charge in [0.2, 0.25) is 0 Å². The highest BCUT2D eigenvalue weighted by molar-refractivity contribution is 6.01. The fraction of sp³-hybridized carbons (Fsp3) is 0.550. The van der Waals surface area contributed by atoms with Crippen LogP contribution in [0.3, 0.4) is 0 Å². The first kappa shape index (κ1) is 18.4. The Labute approximate surface area is 154 Å². The lowest BCUT2D eigenvalue weighted by Gasteiger charge is -2.37. The average molecular weight is 355 g/mol. The molecule has 0 N–H and O–H groups in total. The molecule has 1 saturated heterocycles. The summed E-state index contributed by atoms with van der Waals surface area (Å²) in [6, 6.07) is 7.53. The van der Waals surface area contributed by atoms with Crippen molar-refractivity contribution in [2.24, 2.45) is 5.16 Å². The summed E-state index contributed by atoms with van der Waals surface area (Å²) >= 11 is 0. The molecule has 0 radical (unpaired) electrons. The highest BCUT2D eigenvalue weighted by Gasteiger charge is 2.42. The molecule has 0 aliphatic carbocycles. The van der Waals surface area contributed by atoms with Gasteiger partial charge in [-0.15, -0.1) is 0 Å². The molecule has 1 fully saturated rings. The van der Waals surface area contributed by atoms with Crippen molar-refractivity contribution in [2.45, 2.75) is 44.6 Å². The smallest absolute Gasteiger partial charge is 0.305 e. The van der Waals surface area contributed by atoms with Gasteiger partial charge in [-0.2, -0.15) is 0 Å². The third kappa shape index (κ3) is 4.41. The topological polar surface area (TPSA) is 55.5 Å². The molecular formula is C20H25N3O3. The molecule has 0 aromatic heterocycles. The average Bonchev–Trinajstić information content (AvgIpc) is 3.08. The Hall–Kier alpha value is -2.39. The van der Waals surface area contributed by atoms with Gasteiger partial charge in [0.1, 0.15) is 5.60 Å². The Bertz CT molecular complexity index is 698. The highest BCUT2D eigenvalue weighted by atomic mass is 16.7. The van der Waals surface area contributed by atoms with Gasteiger partial charge in [-0.05, 0) is 25.5 Å². The lowest BCUT2D eigenvalue weighted by molar-refractivity contribution is -0.143. The lowest BCUT2D eigenvalue weighted by Crippen LogP contribution is -2.44. The van der Waals surface area contributed by atoms with Crippen LogP contribution in [0.2, 0.25) is 0 Å². The van der Waals surface area contributed by atoms with E-state index in [0.29, 0.717) is 18.7 Å².